The van der Waals surface area contributed by atoms with E-state index in [2.05, 4.69) is 16.1 Å². The van der Waals surface area contributed by atoms with Gasteiger partial charge in [0.2, 0.25) is 0 Å². The SMILES string of the molecule is C#CC(C)NC1(CN)CN2CCC1CC2. The van der Waals surface area contributed by atoms with Crippen molar-refractivity contribution < 1.29 is 0 Å². The van der Waals surface area contributed by atoms with Crippen molar-refractivity contribution in [3.8, 4) is 12.3 Å². The number of nitrogens with zero attached hydrogens (tertiary/aromatic N) is 1. The Balaban J connectivity index is 2.11. The van der Waals surface area contributed by atoms with Gasteiger partial charge in [-0.2, -0.15) is 0 Å². The molecule has 0 aromatic heterocycles. The molecule has 0 saturated carbocycles. The summed E-state index contributed by atoms with van der Waals surface area (Å²) in [5, 5.41) is 3.56. The smallest absolute Gasteiger partial charge is 0.0663 e. The van der Waals surface area contributed by atoms with Crippen LogP contribution >= 0.6 is 0 Å². The molecule has 2 unspecified atom stereocenters. The van der Waals surface area contributed by atoms with Crippen LogP contribution in [0.2, 0.25) is 0 Å². The lowest BCUT2D eigenvalue weighted by Crippen LogP contribution is -2.70. The largest absolute Gasteiger partial charge is 0.329 e. The Labute approximate surface area is 92.4 Å². The van der Waals surface area contributed by atoms with Crippen molar-refractivity contribution in [1.29, 1.82) is 0 Å². The zero-order chi connectivity index (χ0) is 10.9. The number of terminal acetylenes is 1. The predicted octanol–water partition coefficient (Wildman–Crippen LogP) is 0.0208. The van der Waals surface area contributed by atoms with E-state index in [0.29, 0.717) is 12.5 Å². The van der Waals surface area contributed by atoms with Crippen LogP contribution in [0.5, 0.6) is 0 Å². The topological polar surface area (TPSA) is 41.3 Å². The van der Waals surface area contributed by atoms with Gasteiger partial charge in [-0.25, -0.2) is 0 Å². The number of hydrogen-bond donors (Lipinski definition) is 2. The van der Waals surface area contributed by atoms with Crippen molar-refractivity contribution in [2.24, 2.45) is 11.7 Å². The molecule has 84 valence electrons. The number of nitrogens with two attached hydrogens (primary N) is 1. The minimum absolute atomic E-state index is 0.0717. The Bertz CT molecular complexity index is 263. The van der Waals surface area contributed by atoms with Crippen LogP contribution in [0.3, 0.4) is 0 Å². The van der Waals surface area contributed by atoms with Gasteiger partial charge in [0.15, 0.2) is 0 Å². The summed E-state index contributed by atoms with van der Waals surface area (Å²) >= 11 is 0. The number of nitrogens with one attached hydrogen (secondary N) is 1. The van der Waals surface area contributed by atoms with Gasteiger partial charge >= 0.3 is 0 Å². The van der Waals surface area contributed by atoms with E-state index >= 15 is 0 Å². The lowest BCUT2D eigenvalue weighted by molar-refractivity contribution is 0.00868. The molecule has 0 aliphatic carbocycles. The first-order chi connectivity index (χ1) is 7.20. The summed E-state index contributed by atoms with van der Waals surface area (Å²) in [7, 11) is 0. The number of rotatable bonds is 3. The predicted molar refractivity (Wildman–Crippen MR) is 62.4 cm³/mol. The van der Waals surface area contributed by atoms with E-state index in [-0.39, 0.29) is 11.6 Å². The summed E-state index contributed by atoms with van der Waals surface area (Å²) in [6.45, 7) is 6.27. The molecule has 3 N–H and O–H groups in total. The van der Waals surface area contributed by atoms with Crippen molar-refractivity contribution in [2.45, 2.75) is 31.3 Å². The van der Waals surface area contributed by atoms with Crippen molar-refractivity contribution in [1.82, 2.24) is 10.2 Å². The van der Waals surface area contributed by atoms with Crippen LogP contribution in [0, 0.1) is 18.3 Å². The van der Waals surface area contributed by atoms with E-state index in [1.807, 2.05) is 6.92 Å². The number of fused-ring (bicyclic) bond motifs is 3. The van der Waals surface area contributed by atoms with Crippen molar-refractivity contribution >= 4 is 0 Å². The van der Waals surface area contributed by atoms with Gasteiger partial charge in [-0.15, -0.1) is 6.42 Å². The fourth-order valence-electron chi connectivity index (χ4n) is 3.10. The molecular formula is C12H21N3. The Kier molecular flexibility index (Phi) is 3.01. The summed E-state index contributed by atoms with van der Waals surface area (Å²) in [6, 6.07) is 0.120. The molecule has 2 bridgehead atoms. The lowest BCUT2D eigenvalue weighted by Gasteiger charge is -2.54. The molecule has 0 aromatic carbocycles. The minimum atomic E-state index is 0.0717. The normalized spacial score (nSPS) is 41.1. The van der Waals surface area contributed by atoms with Crippen LogP contribution < -0.4 is 11.1 Å². The van der Waals surface area contributed by atoms with Crippen LogP contribution in [0.15, 0.2) is 0 Å². The van der Waals surface area contributed by atoms with Gasteiger partial charge in [0, 0.05) is 18.6 Å². The zero-order valence-corrected chi connectivity index (χ0v) is 9.50. The molecule has 3 aliphatic heterocycles. The van der Waals surface area contributed by atoms with Gasteiger partial charge in [-0.3, -0.25) is 5.32 Å². The highest BCUT2D eigenvalue weighted by Gasteiger charge is 2.45. The average molecular weight is 207 g/mol. The molecule has 0 amide bonds. The highest BCUT2D eigenvalue weighted by molar-refractivity contribution is 5.09. The summed E-state index contributed by atoms with van der Waals surface area (Å²) in [6.07, 6.45) is 7.96. The third-order valence-electron chi connectivity index (χ3n) is 3.99. The fourth-order valence-corrected chi connectivity index (χ4v) is 3.10. The quantitative estimate of drug-likeness (QED) is 0.641. The maximum absolute atomic E-state index is 5.97. The zero-order valence-electron chi connectivity index (χ0n) is 9.50. The van der Waals surface area contributed by atoms with Crippen LogP contribution in [-0.2, 0) is 0 Å². The van der Waals surface area contributed by atoms with E-state index in [4.69, 9.17) is 12.2 Å². The standard InChI is InChI=1S/C12H21N3/c1-3-10(2)14-12(8-13)9-15-6-4-11(12)5-7-15/h1,10-11,14H,4-9,13H2,2H3. The fraction of sp³-hybridized carbons (Fsp3) is 0.833. The molecule has 3 saturated heterocycles. The maximum Gasteiger partial charge on any atom is 0.0663 e. The van der Waals surface area contributed by atoms with Gasteiger partial charge in [-0.05, 0) is 38.8 Å². The molecule has 3 rings (SSSR count). The molecule has 3 heteroatoms. The molecule has 3 fully saturated rings. The monoisotopic (exact) mass is 207 g/mol. The highest BCUT2D eigenvalue weighted by atomic mass is 15.2. The molecule has 0 radical (unpaired) electrons. The van der Waals surface area contributed by atoms with E-state index in [0.717, 1.165) is 6.54 Å². The Morgan fingerprint density at radius 1 is 1.60 bits per heavy atom. The maximum atomic E-state index is 5.97. The summed E-state index contributed by atoms with van der Waals surface area (Å²) in [5.74, 6) is 3.46. The van der Waals surface area contributed by atoms with E-state index < -0.39 is 0 Å². The summed E-state index contributed by atoms with van der Waals surface area (Å²) < 4.78 is 0. The second-order valence-electron chi connectivity index (χ2n) is 4.94. The van der Waals surface area contributed by atoms with Crippen molar-refractivity contribution in [3.05, 3.63) is 0 Å². The van der Waals surface area contributed by atoms with Crippen molar-refractivity contribution in [3.63, 3.8) is 0 Å². The van der Waals surface area contributed by atoms with E-state index in [1.54, 1.807) is 0 Å². The average Bonchev–Trinajstić information content (AvgIpc) is 2.30. The molecule has 3 nitrogen and oxygen atoms in total. The van der Waals surface area contributed by atoms with Crippen molar-refractivity contribution in [2.75, 3.05) is 26.2 Å². The van der Waals surface area contributed by atoms with Gasteiger partial charge < -0.3 is 10.6 Å². The molecule has 3 heterocycles. The second-order valence-corrected chi connectivity index (χ2v) is 4.94. The molecule has 15 heavy (non-hydrogen) atoms. The van der Waals surface area contributed by atoms with Gasteiger partial charge in [0.25, 0.3) is 0 Å². The Morgan fingerprint density at radius 2 is 2.27 bits per heavy atom. The number of hydrogen-bond acceptors (Lipinski definition) is 3. The molecule has 2 atom stereocenters. The molecule has 3 aliphatic rings. The molecule has 0 aromatic rings. The van der Waals surface area contributed by atoms with Crippen LogP contribution in [0.25, 0.3) is 0 Å². The first-order valence-corrected chi connectivity index (χ1v) is 5.86. The number of piperidine rings is 3. The second kappa shape index (κ2) is 4.13. The van der Waals surface area contributed by atoms with Crippen LogP contribution in [-0.4, -0.2) is 42.7 Å². The Hall–Kier alpha value is -0.560. The molecular weight excluding hydrogens is 186 g/mol. The van der Waals surface area contributed by atoms with E-state index in [9.17, 15) is 0 Å². The first kappa shape index (κ1) is 10.9. The van der Waals surface area contributed by atoms with Crippen LogP contribution in [0.4, 0.5) is 0 Å². The minimum Gasteiger partial charge on any atom is -0.329 e. The lowest BCUT2D eigenvalue weighted by atomic mass is 9.72. The molecule has 0 spiro atoms. The summed E-state index contributed by atoms with van der Waals surface area (Å²) in [4.78, 5) is 2.50. The van der Waals surface area contributed by atoms with E-state index in [1.165, 1.54) is 25.9 Å². The van der Waals surface area contributed by atoms with Gasteiger partial charge in [0.05, 0.1) is 6.04 Å². The third-order valence-corrected chi connectivity index (χ3v) is 3.99. The van der Waals surface area contributed by atoms with Gasteiger partial charge in [-0.1, -0.05) is 5.92 Å². The summed E-state index contributed by atoms with van der Waals surface area (Å²) in [5.41, 5.74) is 6.04. The highest BCUT2D eigenvalue weighted by Crippen LogP contribution is 2.35. The Morgan fingerprint density at radius 3 is 2.67 bits per heavy atom. The first-order valence-electron chi connectivity index (χ1n) is 5.86. The third kappa shape index (κ3) is 1.90. The van der Waals surface area contributed by atoms with Gasteiger partial charge in [0.1, 0.15) is 0 Å². The van der Waals surface area contributed by atoms with Crippen LogP contribution in [0.1, 0.15) is 19.8 Å².